The number of nitroso groups, excluding NO2 is 1. The molecule has 0 bridgehead atoms. The number of hydrogen-bond acceptors (Lipinski definition) is 3. The molecule has 0 spiro atoms. The summed E-state index contributed by atoms with van der Waals surface area (Å²) in [6.45, 7) is 5.67. The van der Waals surface area contributed by atoms with Crippen molar-refractivity contribution in [3.63, 3.8) is 0 Å². The van der Waals surface area contributed by atoms with Gasteiger partial charge in [0.2, 0.25) is 5.96 Å². The Hall–Kier alpha value is -2.08. The first kappa shape index (κ1) is 15.3. The topological polar surface area (TPSA) is 70.6 Å². The molecule has 1 aromatic heterocycles. The Labute approximate surface area is 131 Å². The van der Waals surface area contributed by atoms with Crippen LogP contribution < -0.4 is 0 Å². The minimum absolute atomic E-state index is 0.146. The van der Waals surface area contributed by atoms with Crippen LogP contribution in [-0.2, 0) is 0 Å². The molecule has 0 saturated heterocycles. The highest BCUT2D eigenvalue weighted by Crippen LogP contribution is 2.22. The Bertz CT molecular complexity index is 727. The fourth-order valence-electron chi connectivity index (χ4n) is 2.11. The predicted molar refractivity (Wildman–Crippen MR) is 88.8 cm³/mol. The molecule has 0 atom stereocenters. The first-order valence-electron chi connectivity index (χ1n) is 6.36. The van der Waals surface area contributed by atoms with Crippen molar-refractivity contribution < 1.29 is 0 Å². The number of rotatable bonds is 2. The lowest BCUT2D eigenvalue weighted by Crippen LogP contribution is -2.13. The van der Waals surface area contributed by atoms with Crippen LogP contribution in [0.2, 0.25) is 0 Å². The van der Waals surface area contributed by atoms with Gasteiger partial charge in [-0.05, 0) is 61.8 Å². The van der Waals surface area contributed by atoms with Gasteiger partial charge in [0, 0.05) is 21.6 Å². The number of aliphatic imine (C=N–C) groups is 1. The van der Waals surface area contributed by atoms with Crippen molar-refractivity contribution in [1.82, 2.24) is 4.57 Å². The van der Waals surface area contributed by atoms with Crippen LogP contribution in [0.4, 0.5) is 5.69 Å². The third kappa shape index (κ3) is 3.33. The van der Waals surface area contributed by atoms with Crippen molar-refractivity contribution in [2.24, 2.45) is 10.2 Å². The van der Waals surface area contributed by atoms with E-state index in [4.69, 9.17) is 5.41 Å². The van der Waals surface area contributed by atoms with Crippen LogP contribution in [-0.4, -0.2) is 16.2 Å². The molecule has 21 heavy (non-hydrogen) atoms. The molecule has 1 aromatic carbocycles. The first-order chi connectivity index (χ1) is 9.92. The molecule has 0 aliphatic rings. The molecule has 1 heterocycles. The molecule has 0 aliphatic carbocycles. The highest BCUT2D eigenvalue weighted by atomic mass is 79.9. The second-order valence-corrected chi connectivity index (χ2v) is 5.68. The molecule has 5 nitrogen and oxygen atoms in total. The molecule has 2 aromatic rings. The van der Waals surface area contributed by atoms with E-state index in [1.54, 1.807) is 23.6 Å². The number of hydrogen-bond donors (Lipinski definition) is 1. The maximum absolute atomic E-state index is 10.7. The van der Waals surface area contributed by atoms with Crippen LogP contribution in [0, 0.1) is 24.2 Å². The lowest BCUT2D eigenvalue weighted by molar-refractivity contribution is 0.994. The van der Waals surface area contributed by atoms with Crippen LogP contribution in [0.1, 0.15) is 23.9 Å². The summed E-state index contributed by atoms with van der Waals surface area (Å²) in [5, 5.41) is 11.1. The van der Waals surface area contributed by atoms with E-state index in [0.717, 1.165) is 21.4 Å². The smallest absolute Gasteiger partial charge is 0.226 e. The Kier molecular flexibility index (Phi) is 4.47. The molecular formula is C15H15BrN4O. The highest BCUT2D eigenvalue weighted by molar-refractivity contribution is 9.10. The van der Waals surface area contributed by atoms with Gasteiger partial charge in [-0.25, -0.2) is 4.99 Å². The van der Waals surface area contributed by atoms with Crippen molar-refractivity contribution in [3.8, 4) is 0 Å². The van der Waals surface area contributed by atoms with Crippen LogP contribution in [0.15, 0.2) is 45.0 Å². The normalized spacial score (nSPS) is 11.5. The van der Waals surface area contributed by atoms with Gasteiger partial charge in [-0.15, -0.1) is 4.91 Å². The second kappa shape index (κ2) is 6.13. The molecular weight excluding hydrogens is 332 g/mol. The van der Waals surface area contributed by atoms with E-state index in [9.17, 15) is 4.91 Å². The third-order valence-corrected chi connectivity index (χ3v) is 3.62. The minimum Gasteiger partial charge on any atom is -0.288 e. The maximum Gasteiger partial charge on any atom is 0.226 e. The summed E-state index contributed by atoms with van der Waals surface area (Å²) in [7, 11) is 0. The summed E-state index contributed by atoms with van der Waals surface area (Å²) in [4.78, 5) is 15.0. The molecule has 1 N–H and O–H groups in total. The first-order valence-corrected chi connectivity index (χ1v) is 7.15. The molecule has 0 amide bonds. The Morgan fingerprint density at radius 3 is 2.38 bits per heavy atom. The molecule has 108 valence electrons. The second-order valence-electron chi connectivity index (χ2n) is 4.76. The van der Waals surface area contributed by atoms with E-state index in [1.165, 1.54) is 0 Å². The van der Waals surface area contributed by atoms with E-state index in [-0.39, 0.29) is 5.96 Å². The van der Waals surface area contributed by atoms with Crippen molar-refractivity contribution in [3.05, 3.63) is 56.7 Å². The molecule has 6 heteroatoms. The van der Waals surface area contributed by atoms with Gasteiger partial charge < -0.3 is 0 Å². The van der Waals surface area contributed by atoms with E-state index < -0.39 is 0 Å². The average Bonchev–Trinajstić information content (AvgIpc) is 2.77. The Balaban J connectivity index is 2.39. The largest absolute Gasteiger partial charge is 0.288 e. The number of halogens is 1. The van der Waals surface area contributed by atoms with Crippen molar-refractivity contribution >= 4 is 33.3 Å². The third-order valence-electron chi connectivity index (χ3n) is 3.16. The average molecular weight is 347 g/mol. The van der Waals surface area contributed by atoms with Gasteiger partial charge >= 0.3 is 0 Å². The van der Waals surface area contributed by atoms with Gasteiger partial charge in [0.05, 0.1) is 0 Å². The highest BCUT2D eigenvalue weighted by Gasteiger charge is 2.08. The van der Waals surface area contributed by atoms with E-state index in [1.807, 2.05) is 32.0 Å². The van der Waals surface area contributed by atoms with E-state index in [2.05, 4.69) is 26.1 Å². The Morgan fingerprint density at radius 1 is 1.19 bits per heavy atom. The molecule has 0 saturated carbocycles. The fourth-order valence-corrected chi connectivity index (χ4v) is 2.59. The van der Waals surface area contributed by atoms with Gasteiger partial charge in [-0.1, -0.05) is 15.9 Å². The fraction of sp³-hybridized carbons (Fsp3) is 0.200. The monoisotopic (exact) mass is 346 g/mol. The quantitative estimate of drug-likeness (QED) is 0.483. The number of aromatic nitrogens is 1. The summed E-state index contributed by atoms with van der Waals surface area (Å²) < 4.78 is 2.52. The van der Waals surface area contributed by atoms with Crippen molar-refractivity contribution in [1.29, 1.82) is 5.41 Å². The van der Waals surface area contributed by atoms with E-state index in [0.29, 0.717) is 11.4 Å². The van der Waals surface area contributed by atoms with Crippen molar-refractivity contribution in [2.75, 3.05) is 0 Å². The zero-order valence-corrected chi connectivity index (χ0v) is 13.6. The van der Waals surface area contributed by atoms with Gasteiger partial charge in [0.25, 0.3) is 0 Å². The zero-order valence-electron chi connectivity index (χ0n) is 12.0. The summed E-state index contributed by atoms with van der Waals surface area (Å²) in [5.74, 6) is 0.146. The molecule has 0 aliphatic heterocycles. The number of nitrogens with one attached hydrogen (secondary N) is 1. The molecule has 0 fully saturated rings. The minimum atomic E-state index is 0.146. The summed E-state index contributed by atoms with van der Waals surface area (Å²) in [5.41, 5.74) is 3.65. The van der Waals surface area contributed by atoms with Crippen LogP contribution in [0.5, 0.6) is 0 Å². The van der Waals surface area contributed by atoms with Crippen LogP contribution in [0.3, 0.4) is 0 Å². The SMILES string of the molecule is CC(=NC(=N)n1c(C)ccc1C)c1cc(Br)cc(N=O)c1. The predicted octanol–water partition coefficient (Wildman–Crippen LogP) is 4.56. The number of nitrogens with zero attached hydrogens (tertiary/aromatic N) is 3. The molecule has 0 radical (unpaired) electrons. The molecule has 2 rings (SSSR count). The number of aryl methyl sites for hydroxylation is 2. The lowest BCUT2D eigenvalue weighted by Gasteiger charge is -2.08. The van der Waals surface area contributed by atoms with Gasteiger partial charge in [-0.2, -0.15) is 0 Å². The van der Waals surface area contributed by atoms with Crippen LogP contribution >= 0.6 is 15.9 Å². The Morgan fingerprint density at radius 2 is 1.81 bits per heavy atom. The van der Waals surface area contributed by atoms with Gasteiger partial charge in [0.1, 0.15) is 5.69 Å². The van der Waals surface area contributed by atoms with Gasteiger partial charge in [-0.3, -0.25) is 9.98 Å². The maximum atomic E-state index is 10.7. The van der Waals surface area contributed by atoms with Crippen molar-refractivity contribution in [2.45, 2.75) is 20.8 Å². The van der Waals surface area contributed by atoms with Gasteiger partial charge in [0.15, 0.2) is 0 Å². The zero-order chi connectivity index (χ0) is 15.6. The standard InChI is InChI=1S/C15H15BrN4O/c1-9-4-5-10(2)20(9)15(17)18-11(3)12-6-13(16)8-14(7-12)19-21/h4-8,17H,1-3H3. The lowest BCUT2D eigenvalue weighted by atomic mass is 10.1. The number of benzene rings is 1. The summed E-state index contributed by atoms with van der Waals surface area (Å²) in [6.07, 6.45) is 0. The summed E-state index contributed by atoms with van der Waals surface area (Å²) >= 11 is 3.34. The molecule has 0 unspecified atom stereocenters. The summed E-state index contributed by atoms with van der Waals surface area (Å²) in [6, 6.07) is 9.02. The van der Waals surface area contributed by atoms with Crippen LogP contribution in [0.25, 0.3) is 0 Å². The van der Waals surface area contributed by atoms with E-state index >= 15 is 0 Å².